The lowest BCUT2D eigenvalue weighted by Crippen LogP contribution is -2.44. The zero-order chi connectivity index (χ0) is 14.4. The van der Waals surface area contributed by atoms with Crippen LogP contribution in [0.15, 0.2) is 24.3 Å². The maximum Gasteiger partial charge on any atom is 0.237 e. The minimum absolute atomic E-state index is 0. The van der Waals surface area contributed by atoms with E-state index in [0.29, 0.717) is 0 Å². The first kappa shape index (κ1) is 17.8. The number of halogens is 1. The Bertz CT molecular complexity index is 450. The van der Waals surface area contributed by atoms with Gasteiger partial charge in [-0.25, -0.2) is 0 Å². The molecule has 5 nitrogen and oxygen atoms in total. The molecule has 2 unspecified atom stereocenters. The minimum Gasteiger partial charge on any atom is -0.491 e. The standard InChI is InChI=1S/C15H22N2O3.ClH/c1-11-4-2-5-13(8-11)20-10-12(18)9-17-15(19)14-6-3-7-16-14;/h2,4-5,8,12,14,16,18H,3,6-7,9-10H2,1H3,(H,17,19);1H. The summed E-state index contributed by atoms with van der Waals surface area (Å²) in [5.41, 5.74) is 1.11. The molecule has 1 heterocycles. The number of carbonyl (C=O) groups is 1. The maximum atomic E-state index is 11.7. The second-order valence-corrected chi connectivity index (χ2v) is 5.18. The molecule has 0 radical (unpaired) electrons. The molecule has 0 bridgehead atoms. The third-order valence-electron chi connectivity index (χ3n) is 3.32. The summed E-state index contributed by atoms with van der Waals surface area (Å²) in [7, 11) is 0. The largest absolute Gasteiger partial charge is 0.491 e. The Morgan fingerprint density at radius 2 is 2.38 bits per heavy atom. The predicted molar refractivity (Wildman–Crippen MR) is 84.0 cm³/mol. The van der Waals surface area contributed by atoms with Gasteiger partial charge in [-0.05, 0) is 44.0 Å². The van der Waals surface area contributed by atoms with Crippen LogP contribution >= 0.6 is 12.4 Å². The Morgan fingerprint density at radius 3 is 3.05 bits per heavy atom. The van der Waals surface area contributed by atoms with E-state index in [0.717, 1.165) is 30.7 Å². The summed E-state index contributed by atoms with van der Waals surface area (Å²) >= 11 is 0. The molecule has 0 saturated carbocycles. The quantitative estimate of drug-likeness (QED) is 0.733. The number of rotatable bonds is 6. The molecule has 0 aliphatic carbocycles. The number of hydrogen-bond donors (Lipinski definition) is 3. The van der Waals surface area contributed by atoms with Crippen LogP contribution in [0.4, 0.5) is 0 Å². The fourth-order valence-corrected chi connectivity index (χ4v) is 2.21. The lowest BCUT2D eigenvalue weighted by Gasteiger charge is -2.15. The highest BCUT2D eigenvalue weighted by Gasteiger charge is 2.22. The Labute approximate surface area is 131 Å². The lowest BCUT2D eigenvalue weighted by molar-refractivity contribution is -0.123. The van der Waals surface area contributed by atoms with Crippen LogP contribution in [0.3, 0.4) is 0 Å². The average molecular weight is 315 g/mol. The average Bonchev–Trinajstić information content (AvgIpc) is 2.97. The van der Waals surface area contributed by atoms with Crippen molar-refractivity contribution in [1.29, 1.82) is 0 Å². The van der Waals surface area contributed by atoms with Crippen molar-refractivity contribution in [2.45, 2.75) is 31.9 Å². The normalized spacial score (nSPS) is 18.7. The van der Waals surface area contributed by atoms with E-state index in [-0.39, 0.29) is 37.5 Å². The Hall–Kier alpha value is -1.30. The van der Waals surface area contributed by atoms with Gasteiger partial charge >= 0.3 is 0 Å². The number of aliphatic hydroxyl groups excluding tert-OH is 1. The highest BCUT2D eigenvalue weighted by atomic mass is 35.5. The number of amides is 1. The Balaban J connectivity index is 0.00000220. The van der Waals surface area contributed by atoms with Gasteiger partial charge in [0.15, 0.2) is 0 Å². The van der Waals surface area contributed by atoms with Crippen molar-refractivity contribution in [2.24, 2.45) is 0 Å². The van der Waals surface area contributed by atoms with Crippen molar-refractivity contribution in [2.75, 3.05) is 19.7 Å². The molecule has 118 valence electrons. The molecule has 0 spiro atoms. The highest BCUT2D eigenvalue weighted by Crippen LogP contribution is 2.12. The van der Waals surface area contributed by atoms with Crippen molar-refractivity contribution in [3.8, 4) is 5.75 Å². The number of nitrogens with one attached hydrogen (secondary N) is 2. The Morgan fingerprint density at radius 1 is 1.57 bits per heavy atom. The summed E-state index contributed by atoms with van der Waals surface area (Å²) < 4.78 is 5.49. The van der Waals surface area contributed by atoms with E-state index in [2.05, 4.69) is 10.6 Å². The number of hydrogen-bond acceptors (Lipinski definition) is 4. The topological polar surface area (TPSA) is 70.6 Å². The van der Waals surface area contributed by atoms with Gasteiger partial charge in [-0.1, -0.05) is 12.1 Å². The van der Waals surface area contributed by atoms with Crippen molar-refractivity contribution < 1.29 is 14.6 Å². The second-order valence-electron chi connectivity index (χ2n) is 5.18. The zero-order valence-electron chi connectivity index (χ0n) is 12.2. The van der Waals surface area contributed by atoms with E-state index >= 15 is 0 Å². The van der Waals surface area contributed by atoms with Crippen molar-refractivity contribution >= 4 is 18.3 Å². The summed E-state index contributed by atoms with van der Waals surface area (Å²) in [5.74, 6) is 0.685. The van der Waals surface area contributed by atoms with E-state index in [4.69, 9.17) is 4.74 Å². The van der Waals surface area contributed by atoms with Gasteiger partial charge in [-0.15, -0.1) is 12.4 Å². The number of carbonyl (C=O) groups excluding carboxylic acids is 1. The first-order chi connectivity index (χ1) is 9.65. The molecule has 1 aromatic carbocycles. The number of aryl methyl sites for hydroxylation is 1. The fraction of sp³-hybridized carbons (Fsp3) is 0.533. The molecule has 1 saturated heterocycles. The van der Waals surface area contributed by atoms with Gasteiger partial charge < -0.3 is 20.5 Å². The number of aliphatic hydroxyl groups is 1. The summed E-state index contributed by atoms with van der Waals surface area (Å²) in [6.45, 7) is 3.25. The van der Waals surface area contributed by atoms with Crippen LogP contribution in [0.5, 0.6) is 5.75 Å². The molecular formula is C15H23ClN2O3. The van der Waals surface area contributed by atoms with E-state index in [9.17, 15) is 9.90 Å². The number of ether oxygens (including phenoxy) is 1. The van der Waals surface area contributed by atoms with Crippen molar-refractivity contribution in [3.05, 3.63) is 29.8 Å². The van der Waals surface area contributed by atoms with Crippen molar-refractivity contribution in [3.63, 3.8) is 0 Å². The van der Waals surface area contributed by atoms with Crippen LogP contribution in [0, 0.1) is 6.92 Å². The zero-order valence-corrected chi connectivity index (χ0v) is 13.0. The van der Waals surface area contributed by atoms with Crippen LogP contribution in [0.25, 0.3) is 0 Å². The fourth-order valence-electron chi connectivity index (χ4n) is 2.21. The van der Waals surface area contributed by atoms with Crippen LogP contribution in [0.2, 0.25) is 0 Å². The molecule has 21 heavy (non-hydrogen) atoms. The molecule has 2 atom stereocenters. The van der Waals surface area contributed by atoms with Crippen LogP contribution in [0.1, 0.15) is 18.4 Å². The third-order valence-corrected chi connectivity index (χ3v) is 3.32. The van der Waals surface area contributed by atoms with E-state index in [1.165, 1.54) is 0 Å². The molecule has 1 amide bonds. The first-order valence-corrected chi connectivity index (χ1v) is 7.04. The summed E-state index contributed by atoms with van der Waals surface area (Å²) in [4.78, 5) is 11.7. The monoisotopic (exact) mass is 314 g/mol. The lowest BCUT2D eigenvalue weighted by atomic mass is 10.2. The summed E-state index contributed by atoms with van der Waals surface area (Å²) in [6.07, 6.45) is 1.18. The first-order valence-electron chi connectivity index (χ1n) is 7.04. The smallest absolute Gasteiger partial charge is 0.237 e. The van der Waals surface area contributed by atoms with Gasteiger partial charge in [0.05, 0.1) is 6.04 Å². The van der Waals surface area contributed by atoms with Gasteiger partial charge in [0.25, 0.3) is 0 Å². The molecule has 1 aromatic rings. The molecule has 0 aromatic heterocycles. The van der Waals surface area contributed by atoms with E-state index in [1.54, 1.807) is 0 Å². The van der Waals surface area contributed by atoms with E-state index < -0.39 is 6.10 Å². The third kappa shape index (κ3) is 5.91. The molecule has 1 aliphatic rings. The van der Waals surface area contributed by atoms with Crippen molar-refractivity contribution in [1.82, 2.24) is 10.6 Å². The van der Waals surface area contributed by atoms with Gasteiger partial charge in [-0.2, -0.15) is 0 Å². The van der Waals surface area contributed by atoms with Crippen LogP contribution < -0.4 is 15.4 Å². The van der Waals surface area contributed by atoms with Gasteiger partial charge in [-0.3, -0.25) is 4.79 Å². The number of benzene rings is 1. The Kier molecular flexibility index (Phi) is 7.50. The van der Waals surface area contributed by atoms with Gasteiger partial charge in [0.1, 0.15) is 18.5 Å². The molecule has 6 heteroatoms. The van der Waals surface area contributed by atoms with Crippen LogP contribution in [-0.2, 0) is 4.79 Å². The second kappa shape index (κ2) is 8.87. The van der Waals surface area contributed by atoms with Gasteiger partial charge in [0, 0.05) is 6.54 Å². The summed E-state index contributed by atoms with van der Waals surface area (Å²) in [5, 5.41) is 15.7. The molecule has 3 N–H and O–H groups in total. The van der Waals surface area contributed by atoms with Crippen LogP contribution in [-0.4, -0.2) is 42.9 Å². The summed E-state index contributed by atoms with van der Waals surface area (Å²) in [6, 6.07) is 7.54. The molecule has 1 fully saturated rings. The maximum absolute atomic E-state index is 11.7. The SMILES string of the molecule is Cc1cccc(OCC(O)CNC(=O)C2CCCN2)c1.Cl. The molecular weight excluding hydrogens is 292 g/mol. The molecule has 1 aliphatic heterocycles. The highest BCUT2D eigenvalue weighted by molar-refractivity contribution is 5.85. The van der Waals surface area contributed by atoms with E-state index in [1.807, 2.05) is 31.2 Å². The van der Waals surface area contributed by atoms with Gasteiger partial charge in [0.2, 0.25) is 5.91 Å². The predicted octanol–water partition coefficient (Wildman–Crippen LogP) is 1.02. The molecule has 2 rings (SSSR count). The minimum atomic E-state index is -0.708.